The summed E-state index contributed by atoms with van der Waals surface area (Å²) in [6.45, 7) is 32.2. The van der Waals surface area contributed by atoms with Crippen molar-refractivity contribution >= 4 is 81.2 Å². The monoisotopic (exact) mass is 2090 g/mol. The quantitative estimate of drug-likeness (QED) is 0.0111. The lowest BCUT2D eigenvalue weighted by Crippen LogP contribution is -3.00. The van der Waals surface area contributed by atoms with Crippen LogP contribution in [0.2, 0.25) is 0 Å². The largest absolute Gasteiger partial charge is 1.00 e. The van der Waals surface area contributed by atoms with E-state index >= 15 is 0 Å². The van der Waals surface area contributed by atoms with Crippen molar-refractivity contribution in [2.45, 2.75) is 311 Å². The number of aliphatic carboxylic acids is 2. The average Bonchev–Trinajstić information content (AvgIpc) is 1.56. The van der Waals surface area contributed by atoms with Crippen molar-refractivity contribution in [1.82, 2.24) is 0 Å². The summed E-state index contributed by atoms with van der Waals surface area (Å²) < 4.78 is 94.8. The van der Waals surface area contributed by atoms with E-state index in [-0.39, 0.29) is 81.0 Å². The fraction of sp³-hybridized carbons (Fsp3) is 0.455. The molecule has 10 aromatic rings. The molecule has 2 aromatic heterocycles. The van der Waals surface area contributed by atoms with Crippen LogP contribution in [-0.2, 0) is 55.5 Å². The van der Waals surface area contributed by atoms with Gasteiger partial charge in [0.1, 0.15) is 11.7 Å². The highest BCUT2D eigenvalue weighted by atomic mass is 79.9. The molecule has 2 amide bonds. The summed E-state index contributed by atoms with van der Waals surface area (Å²) in [6.07, 6.45) is 36.0. The predicted molar refractivity (Wildman–Crippen MR) is 565 cm³/mol. The Labute approximate surface area is 869 Å². The van der Waals surface area contributed by atoms with Gasteiger partial charge in [0.15, 0.2) is 31.3 Å². The van der Waals surface area contributed by atoms with Gasteiger partial charge in [0.05, 0.1) is 43.9 Å². The highest BCUT2D eigenvalue weighted by Gasteiger charge is 2.46. The van der Waals surface area contributed by atoms with Crippen molar-refractivity contribution in [3.63, 3.8) is 0 Å². The lowest BCUT2D eigenvalue weighted by molar-refractivity contribution is -0.929. The molecule has 2 aliphatic carbocycles. The first-order valence-corrected chi connectivity index (χ1v) is 52.7. The van der Waals surface area contributed by atoms with E-state index in [1.165, 1.54) is 192 Å². The fourth-order valence-electron chi connectivity index (χ4n) is 20.4. The molecule has 0 aliphatic heterocycles. The molecule has 0 spiro atoms. The van der Waals surface area contributed by atoms with Gasteiger partial charge in [-0.1, -0.05) is 295 Å². The number of aromatic nitrogens is 2. The van der Waals surface area contributed by atoms with E-state index in [1.54, 1.807) is 24.5 Å². The molecule has 0 radical (unpaired) electrons. The van der Waals surface area contributed by atoms with Crippen LogP contribution < -0.4 is 73.4 Å². The van der Waals surface area contributed by atoms with E-state index in [1.807, 2.05) is 78.9 Å². The summed E-state index contributed by atoms with van der Waals surface area (Å²) in [5.41, 5.74) is 13.5. The maximum Gasteiger partial charge on any atom is 0.416 e. The smallest absolute Gasteiger partial charge is 0.416 e. The second kappa shape index (κ2) is 59.1. The normalized spacial score (nSPS) is 13.4. The number of hydrogen-bond donors (Lipinski definition) is 3. The first-order chi connectivity index (χ1) is 68.1. The molecule has 1 unspecified atom stereocenters. The minimum absolute atomic E-state index is 0. The number of unbranched alkanes of at least 4 members (excludes halogenated alkanes) is 18. The predicted octanol–water partition coefficient (Wildman–Crippen LogP) is 24.5. The third kappa shape index (κ3) is 32.9. The number of para-hydroxylation sites is 1. The van der Waals surface area contributed by atoms with Crippen molar-refractivity contribution in [2.24, 2.45) is 0 Å². The molecule has 0 fully saturated rings. The van der Waals surface area contributed by atoms with E-state index in [9.17, 15) is 55.7 Å². The summed E-state index contributed by atoms with van der Waals surface area (Å²) >= 11 is 0. The number of anilines is 6. The van der Waals surface area contributed by atoms with Crippen LogP contribution in [0.15, 0.2) is 225 Å². The number of benzene rings is 8. The topological polar surface area (TPSA) is 159 Å². The minimum Gasteiger partial charge on any atom is -1.00 e. The number of alkyl halides is 6. The van der Waals surface area contributed by atoms with E-state index in [4.69, 9.17) is 4.74 Å². The lowest BCUT2D eigenvalue weighted by Gasteiger charge is -2.39. The minimum atomic E-state index is -5.14. The summed E-state index contributed by atoms with van der Waals surface area (Å²) in [6, 6.07) is 62.3. The Morgan fingerprint density at radius 1 is 0.392 bits per heavy atom. The van der Waals surface area contributed by atoms with Crippen LogP contribution in [0.1, 0.15) is 331 Å². The van der Waals surface area contributed by atoms with E-state index in [0.717, 1.165) is 169 Å². The van der Waals surface area contributed by atoms with E-state index in [2.05, 4.69) is 182 Å². The number of carboxylic acid groups (broad SMARTS) is 2. The number of quaternary nitrogens is 1. The maximum absolute atomic E-state index is 14.4. The number of halogens is 8. The molecule has 14 nitrogen and oxygen atoms in total. The Bertz CT molecular complexity index is 5590. The summed E-state index contributed by atoms with van der Waals surface area (Å²) in [5.74, 6) is -2.82. The molecule has 2 heterocycles. The summed E-state index contributed by atoms with van der Waals surface area (Å²) in [7, 11) is 0. The van der Waals surface area contributed by atoms with Gasteiger partial charge in [-0.05, 0) is 224 Å². The standard InChI is InChI=1S/C73H79F6N3O3.C32H39N3O4.C16H36N.2BrH/c1-5-9-13-21-39-70(38-20-12-8-4)64-26-18-16-24-59(64)61-34-32-57(48-66(61)70)82(58-33-35-62-60-25-17-19-27-65(60)71(67(62)49-58,40-22-14-10-6-2)41-23-15-11-7-3)56-30-28-51(29-31-56)44-63(52-36-42-81(43-37-52)50-68(83)84)69(85)80-55-46-53(72(74,75)76)45-54(47-55)73(77,78)79;1-4-7-8-12-21-39-30-23-28(35(5-2)6-3)16-15-26(30)22-29(32(38)33-27-13-10-9-11-14-27)25-17-19-34(20-18-25)24-31(36)37;1-5-9-13-17(14-10-6-2,15-11-7-3)16-12-8-4;;/h16-19,24-37,42-49H,5-15,20-23,38-41,50H2,1-4H3,(H-,80,83,84,85);9-11,13-20,22-23H,4-8,12,21,24H2,1-3H3,(H-,33,36,37,38);5-16H2,1-4H3;2*1H/q;;+1;;/p-1. The van der Waals surface area contributed by atoms with Crippen molar-refractivity contribution in [1.29, 1.82) is 0 Å². The number of pyridine rings is 2. The average molecular weight is 2090 g/mol. The molecular weight excluding hydrogens is 1940 g/mol. The van der Waals surface area contributed by atoms with Gasteiger partial charge in [0.2, 0.25) is 6.54 Å². The van der Waals surface area contributed by atoms with Crippen LogP contribution in [0.25, 0.3) is 45.6 Å². The van der Waals surface area contributed by atoms with Crippen LogP contribution in [0.4, 0.5) is 60.5 Å². The molecule has 1 atom stereocenters. The third-order valence-electron chi connectivity index (χ3n) is 28.1. The highest BCUT2D eigenvalue weighted by molar-refractivity contribution is 6.30. The number of carboxylic acids is 2. The molecule has 0 bridgehead atoms. The number of carbonyl (C=O) groups is 4. The molecule has 2 aliphatic rings. The number of fused-ring (bicyclic) bond motifs is 6. The van der Waals surface area contributed by atoms with Gasteiger partial charge in [-0.2, -0.15) is 35.5 Å². The van der Waals surface area contributed by atoms with Crippen LogP contribution in [0, 0.1) is 0 Å². The van der Waals surface area contributed by atoms with Crippen LogP contribution in [0.3, 0.4) is 0 Å². The molecule has 3 N–H and O–H groups in total. The molecule has 0 saturated heterocycles. The first-order valence-electron chi connectivity index (χ1n) is 52.7. The number of rotatable bonds is 55. The highest BCUT2D eigenvalue weighted by Crippen LogP contribution is 2.59. The third-order valence-corrected chi connectivity index (χ3v) is 28.1. The summed E-state index contributed by atoms with van der Waals surface area (Å²) in [5, 5.41) is 25.8. The molecule has 0 saturated carbocycles. The van der Waals surface area contributed by atoms with Crippen LogP contribution >= 0.6 is 0 Å². The maximum atomic E-state index is 14.4. The Hall–Kier alpha value is -10.7. The van der Waals surface area contributed by atoms with Gasteiger partial charge in [-0.15, -0.1) is 0 Å². The van der Waals surface area contributed by atoms with Crippen molar-refractivity contribution in [3.05, 3.63) is 281 Å². The van der Waals surface area contributed by atoms with Crippen molar-refractivity contribution in [3.8, 4) is 28.0 Å². The van der Waals surface area contributed by atoms with Crippen molar-refractivity contribution in [2.75, 3.05) is 66.3 Å². The van der Waals surface area contributed by atoms with Gasteiger partial charge in [0, 0.05) is 105 Å². The van der Waals surface area contributed by atoms with E-state index in [0.29, 0.717) is 41.1 Å². The van der Waals surface area contributed by atoms with Gasteiger partial charge in [0.25, 0.3) is 11.8 Å². The van der Waals surface area contributed by atoms with Crippen molar-refractivity contribution < 1.29 is 108 Å². The second-order valence-electron chi connectivity index (χ2n) is 38.5. The Morgan fingerprint density at radius 2 is 0.769 bits per heavy atom. The zero-order valence-electron chi connectivity index (χ0n) is 86.5. The number of carbonyl (C=O) groups excluding carboxylic acids is 3. The Morgan fingerprint density at radius 3 is 1.19 bits per heavy atom. The zero-order chi connectivity index (χ0) is 101. The Balaban J connectivity index is 0.000000354. The second-order valence-corrected chi connectivity index (χ2v) is 38.5. The zero-order valence-corrected chi connectivity index (χ0v) is 89.6. The number of amides is 2. The van der Waals surface area contributed by atoms with Crippen LogP contribution in [0.5, 0.6) is 5.75 Å². The Kier molecular flexibility index (Phi) is 48.6. The molecule has 8 aromatic carbocycles. The number of ether oxygens (including phenoxy) is 1. The van der Waals surface area contributed by atoms with Crippen LogP contribution in [-0.4, -0.2) is 79.2 Å². The number of nitrogens with one attached hydrogen (secondary N) is 2. The first kappa shape index (κ1) is 118. The van der Waals surface area contributed by atoms with Gasteiger partial charge in [-0.25, -0.2) is 4.79 Å². The van der Waals surface area contributed by atoms with Gasteiger partial charge < -0.3 is 78.6 Å². The van der Waals surface area contributed by atoms with Gasteiger partial charge in [-0.3, -0.25) is 9.59 Å². The fourth-order valence-corrected chi connectivity index (χ4v) is 20.4. The molecule has 143 heavy (non-hydrogen) atoms. The number of hydrogen-bond acceptors (Lipinski definition) is 8. The van der Waals surface area contributed by atoms with Gasteiger partial charge >= 0.3 is 18.3 Å². The molecule has 772 valence electrons. The number of nitrogens with zero attached hydrogens (tertiary/aromatic N) is 5. The lowest BCUT2D eigenvalue weighted by atomic mass is 9.70. The molecule has 22 heteroatoms. The molecule has 12 rings (SSSR count). The molecular formula is C121H155Br2F6N7O7. The SMILES string of the molecule is CCCCCCC1(CCCCC)c2ccccc2-c2ccc(N(c3ccc(/C=C(\C(=O)Nc4cc(C(F)(F)F)cc(C(F)(F)F)c4)c4cc[n+](CC(=O)O)cc4)cc3)c3ccc4c(c3)C(CCCCCC)(CCCCCC)c3ccccc3-4)cc21.CCCCCCOc1cc(N(CC)CC)ccc1/C=C(\C(=O)Nc1ccccc1)c1cc[n+](CC(=O)[O-])cc1.CCCC[N+](CCCC)(CCCC)CCCC.[Br-].[Br-]. The van der Waals surface area contributed by atoms with E-state index < -0.39 is 47.0 Å². The summed E-state index contributed by atoms with van der Waals surface area (Å²) in [4.78, 5) is 55.2.